The zero-order chi connectivity index (χ0) is 21.3. The van der Waals surface area contributed by atoms with Crippen molar-refractivity contribution in [3.05, 3.63) is 59.2 Å². The topological polar surface area (TPSA) is 58.1 Å². The molecule has 6 nitrogen and oxygen atoms in total. The molecule has 1 saturated heterocycles. The summed E-state index contributed by atoms with van der Waals surface area (Å²) in [7, 11) is 5.89. The lowest BCUT2D eigenvalue weighted by Crippen LogP contribution is -2.36. The SMILES string of the molecule is CN=C(NCc1cccc(N(C)C)c1)NCc1ccc(C)cc1OCC1CCOC1. The summed E-state index contributed by atoms with van der Waals surface area (Å²) in [5, 5.41) is 6.80. The average molecular weight is 411 g/mol. The van der Waals surface area contributed by atoms with E-state index in [-0.39, 0.29) is 0 Å². The third-order valence-electron chi connectivity index (χ3n) is 5.28. The normalized spacial score (nSPS) is 16.4. The van der Waals surface area contributed by atoms with Crippen molar-refractivity contribution in [1.29, 1.82) is 0 Å². The van der Waals surface area contributed by atoms with Gasteiger partial charge in [-0.1, -0.05) is 24.3 Å². The van der Waals surface area contributed by atoms with Crippen molar-refractivity contribution < 1.29 is 9.47 Å². The van der Waals surface area contributed by atoms with Crippen LogP contribution in [0.3, 0.4) is 0 Å². The number of aliphatic imine (C=N–C) groups is 1. The highest BCUT2D eigenvalue weighted by atomic mass is 16.5. The van der Waals surface area contributed by atoms with Crippen LogP contribution in [0, 0.1) is 12.8 Å². The molecule has 1 aliphatic rings. The fourth-order valence-corrected chi connectivity index (χ4v) is 3.39. The Balaban J connectivity index is 1.55. The molecule has 1 aliphatic heterocycles. The van der Waals surface area contributed by atoms with Gasteiger partial charge in [0.05, 0.1) is 13.2 Å². The van der Waals surface area contributed by atoms with Crippen LogP contribution in [0.15, 0.2) is 47.5 Å². The molecule has 162 valence electrons. The van der Waals surface area contributed by atoms with E-state index >= 15 is 0 Å². The molecule has 1 fully saturated rings. The first-order valence-corrected chi connectivity index (χ1v) is 10.6. The fourth-order valence-electron chi connectivity index (χ4n) is 3.39. The van der Waals surface area contributed by atoms with E-state index < -0.39 is 0 Å². The molecular formula is C24H34N4O2. The predicted molar refractivity (Wildman–Crippen MR) is 123 cm³/mol. The lowest BCUT2D eigenvalue weighted by Gasteiger charge is -2.17. The first-order valence-electron chi connectivity index (χ1n) is 10.6. The second-order valence-electron chi connectivity index (χ2n) is 8.00. The number of benzene rings is 2. The van der Waals surface area contributed by atoms with Gasteiger partial charge in [-0.3, -0.25) is 4.99 Å². The molecule has 1 heterocycles. The zero-order valence-electron chi connectivity index (χ0n) is 18.6. The van der Waals surface area contributed by atoms with Crippen molar-refractivity contribution >= 4 is 11.6 Å². The molecule has 0 spiro atoms. The summed E-state index contributed by atoms with van der Waals surface area (Å²) >= 11 is 0. The second-order valence-corrected chi connectivity index (χ2v) is 8.00. The lowest BCUT2D eigenvalue weighted by atomic mass is 10.1. The molecule has 2 N–H and O–H groups in total. The number of guanidine groups is 1. The molecule has 1 unspecified atom stereocenters. The Morgan fingerprint density at radius 1 is 1.17 bits per heavy atom. The molecule has 3 rings (SSSR count). The molecule has 0 aromatic heterocycles. The van der Waals surface area contributed by atoms with Crippen molar-refractivity contribution in [2.24, 2.45) is 10.9 Å². The van der Waals surface area contributed by atoms with Gasteiger partial charge >= 0.3 is 0 Å². The molecule has 30 heavy (non-hydrogen) atoms. The van der Waals surface area contributed by atoms with Crippen LogP contribution in [0.1, 0.15) is 23.1 Å². The highest BCUT2D eigenvalue weighted by Gasteiger charge is 2.17. The minimum absolute atomic E-state index is 0.485. The molecule has 0 bridgehead atoms. The Bertz CT molecular complexity index is 845. The number of aryl methyl sites for hydroxylation is 1. The van der Waals surface area contributed by atoms with Gasteiger partial charge < -0.3 is 25.0 Å². The number of hydrogen-bond acceptors (Lipinski definition) is 4. The van der Waals surface area contributed by atoms with Gasteiger partial charge in [-0.05, 0) is 42.7 Å². The first-order chi connectivity index (χ1) is 14.5. The molecule has 0 amide bonds. The molecule has 0 radical (unpaired) electrons. The summed E-state index contributed by atoms with van der Waals surface area (Å²) < 4.78 is 11.6. The third kappa shape index (κ3) is 6.39. The summed E-state index contributed by atoms with van der Waals surface area (Å²) in [4.78, 5) is 6.46. The van der Waals surface area contributed by atoms with E-state index in [1.807, 2.05) is 14.1 Å². The van der Waals surface area contributed by atoms with Crippen molar-refractivity contribution in [3.8, 4) is 5.75 Å². The van der Waals surface area contributed by atoms with Gasteiger partial charge in [-0.25, -0.2) is 0 Å². The van der Waals surface area contributed by atoms with Gasteiger partial charge in [-0.15, -0.1) is 0 Å². The summed E-state index contributed by atoms with van der Waals surface area (Å²) in [6, 6.07) is 14.8. The first kappa shape index (κ1) is 22.0. The van der Waals surface area contributed by atoms with Gasteiger partial charge in [0, 0.05) is 58.0 Å². The van der Waals surface area contributed by atoms with Crippen molar-refractivity contribution in [2.75, 3.05) is 45.9 Å². The van der Waals surface area contributed by atoms with E-state index in [9.17, 15) is 0 Å². The minimum atomic E-state index is 0.485. The van der Waals surface area contributed by atoms with Gasteiger partial charge in [0.15, 0.2) is 5.96 Å². The number of nitrogens with one attached hydrogen (secondary N) is 2. The van der Waals surface area contributed by atoms with E-state index in [0.29, 0.717) is 25.6 Å². The van der Waals surface area contributed by atoms with Crippen molar-refractivity contribution in [1.82, 2.24) is 10.6 Å². The largest absolute Gasteiger partial charge is 0.493 e. The Hall–Kier alpha value is -2.73. The highest BCUT2D eigenvalue weighted by molar-refractivity contribution is 5.79. The number of hydrogen-bond donors (Lipinski definition) is 2. The smallest absolute Gasteiger partial charge is 0.191 e. The van der Waals surface area contributed by atoms with E-state index in [1.54, 1.807) is 7.05 Å². The Labute approximate surface area is 180 Å². The third-order valence-corrected chi connectivity index (χ3v) is 5.28. The predicted octanol–water partition coefficient (Wildman–Crippen LogP) is 3.34. The standard InChI is InChI=1S/C24H34N4O2/c1-18-8-9-21(23(12-18)30-17-20-10-11-29-16-20)15-27-24(25-2)26-14-19-6-5-7-22(13-19)28(3)4/h5-9,12-13,20H,10-11,14-17H2,1-4H3,(H2,25,26,27). The Kier molecular flexibility index (Phi) is 7.97. The fraction of sp³-hybridized carbons (Fsp3) is 0.458. The Morgan fingerprint density at radius 3 is 2.73 bits per heavy atom. The van der Waals surface area contributed by atoms with Crippen LogP contribution in [0.25, 0.3) is 0 Å². The van der Waals surface area contributed by atoms with Crippen molar-refractivity contribution in [3.63, 3.8) is 0 Å². The van der Waals surface area contributed by atoms with E-state index in [4.69, 9.17) is 9.47 Å². The van der Waals surface area contributed by atoms with E-state index in [0.717, 1.165) is 36.9 Å². The molecule has 0 aliphatic carbocycles. The molecule has 6 heteroatoms. The number of ether oxygens (including phenoxy) is 2. The van der Waals surface area contributed by atoms with Crippen LogP contribution in [-0.2, 0) is 17.8 Å². The van der Waals surface area contributed by atoms with Gasteiger partial charge in [0.25, 0.3) is 0 Å². The van der Waals surface area contributed by atoms with Crippen LogP contribution >= 0.6 is 0 Å². The highest BCUT2D eigenvalue weighted by Crippen LogP contribution is 2.22. The monoisotopic (exact) mass is 410 g/mol. The zero-order valence-corrected chi connectivity index (χ0v) is 18.6. The van der Waals surface area contributed by atoms with Crippen LogP contribution in [-0.4, -0.2) is 46.9 Å². The molecule has 1 atom stereocenters. The quantitative estimate of drug-likeness (QED) is 0.516. The molecule has 2 aromatic rings. The van der Waals surface area contributed by atoms with Crippen LogP contribution in [0.5, 0.6) is 5.75 Å². The Morgan fingerprint density at radius 2 is 2.00 bits per heavy atom. The van der Waals surface area contributed by atoms with Gasteiger partial charge in [0.2, 0.25) is 0 Å². The molecule has 2 aromatic carbocycles. The maximum absolute atomic E-state index is 6.15. The minimum Gasteiger partial charge on any atom is -0.493 e. The average Bonchev–Trinajstić information content (AvgIpc) is 3.27. The van der Waals surface area contributed by atoms with Gasteiger partial charge in [0.1, 0.15) is 5.75 Å². The number of nitrogens with zero attached hydrogens (tertiary/aromatic N) is 2. The summed E-state index contributed by atoms with van der Waals surface area (Å²) in [5.74, 6) is 2.18. The molecular weight excluding hydrogens is 376 g/mol. The summed E-state index contributed by atoms with van der Waals surface area (Å²) in [5.41, 5.74) is 4.71. The number of rotatable bonds is 8. The van der Waals surface area contributed by atoms with Crippen LogP contribution < -0.4 is 20.3 Å². The maximum atomic E-state index is 6.15. The van der Waals surface area contributed by atoms with E-state index in [2.05, 4.69) is 69.9 Å². The van der Waals surface area contributed by atoms with Gasteiger partial charge in [-0.2, -0.15) is 0 Å². The lowest BCUT2D eigenvalue weighted by molar-refractivity contribution is 0.166. The number of anilines is 1. The van der Waals surface area contributed by atoms with Crippen LogP contribution in [0.4, 0.5) is 5.69 Å². The van der Waals surface area contributed by atoms with E-state index in [1.165, 1.54) is 16.8 Å². The molecule has 0 saturated carbocycles. The second kappa shape index (κ2) is 10.9. The van der Waals surface area contributed by atoms with Crippen LogP contribution in [0.2, 0.25) is 0 Å². The summed E-state index contributed by atoms with van der Waals surface area (Å²) in [6.07, 6.45) is 1.07. The summed E-state index contributed by atoms with van der Waals surface area (Å²) in [6.45, 7) is 5.78. The maximum Gasteiger partial charge on any atom is 0.191 e. The van der Waals surface area contributed by atoms with Crippen molar-refractivity contribution in [2.45, 2.75) is 26.4 Å².